The average Bonchev–Trinajstić information content (AvgIpc) is 3.17. The SMILES string of the molecule is Cc1nnc2sc(C(=O)NC3CN(Cc4ccco4)C3)c(N)c2c1C. The number of likely N-dealkylation sites (tertiary alicyclic amines) is 1. The Hall–Kier alpha value is -2.45. The highest BCUT2D eigenvalue weighted by atomic mass is 32.1. The molecule has 7 nitrogen and oxygen atoms in total. The van der Waals surface area contributed by atoms with E-state index in [0.717, 1.165) is 42.0 Å². The van der Waals surface area contributed by atoms with E-state index in [4.69, 9.17) is 10.2 Å². The molecule has 3 aromatic heterocycles. The summed E-state index contributed by atoms with van der Waals surface area (Å²) in [6.07, 6.45) is 1.67. The van der Waals surface area contributed by atoms with Crippen LogP contribution in [0.3, 0.4) is 0 Å². The lowest BCUT2D eigenvalue weighted by Crippen LogP contribution is -2.58. The van der Waals surface area contributed by atoms with Crippen molar-refractivity contribution in [3.8, 4) is 0 Å². The van der Waals surface area contributed by atoms with E-state index < -0.39 is 0 Å². The third-order valence-electron chi connectivity index (χ3n) is 4.59. The van der Waals surface area contributed by atoms with Crippen molar-refractivity contribution in [2.45, 2.75) is 26.4 Å². The van der Waals surface area contributed by atoms with Gasteiger partial charge in [0.25, 0.3) is 5.91 Å². The molecule has 1 aliphatic rings. The number of nitrogens with two attached hydrogens (primary N) is 1. The summed E-state index contributed by atoms with van der Waals surface area (Å²) in [6, 6.07) is 3.96. The van der Waals surface area contributed by atoms with Crippen LogP contribution in [0, 0.1) is 13.8 Å². The molecule has 4 heterocycles. The van der Waals surface area contributed by atoms with Gasteiger partial charge in [-0.1, -0.05) is 0 Å². The van der Waals surface area contributed by atoms with Crippen LogP contribution >= 0.6 is 11.3 Å². The van der Waals surface area contributed by atoms with E-state index in [-0.39, 0.29) is 11.9 Å². The van der Waals surface area contributed by atoms with Gasteiger partial charge in [-0.2, -0.15) is 5.10 Å². The fraction of sp³-hybridized carbons (Fsp3) is 0.353. The molecule has 0 radical (unpaired) electrons. The molecule has 0 unspecified atom stereocenters. The minimum Gasteiger partial charge on any atom is -0.468 e. The normalized spacial score (nSPS) is 15.4. The van der Waals surface area contributed by atoms with Crippen LogP contribution in [0.25, 0.3) is 10.2 Å². The number of amides is 1. The summed E-state index contributed by atoms with van der Waals surface area (Å²) in [5.41, 5.74) is 8.53. The maximum absolute atomic E-state index is 12.6. The molecule has 4 rings (SSSR count). The Bertz CT molecular complexity index is 928. The number of nitrogens with zero attached hydrogens (tertiary/aromatic N) is 3. The second-order valence-corrected chi connectivity index (χ2v) is 7.38. The number of aryl methyl sites for hydroxylation is 2. The molecule has 0 spiro atoms. The number of fused-ring (bicyclic) bond motifs is 1. The summed E-state index contributed by atoms with van der Waals surface area (Å²) in [5.74, 6) is 0.795. The van der Waals surface area contributed by atoms with Crippen LogP contribution in [0.2, 0.25) is 0 Å². The Kier molecular flexibility index (Phi) is 3.93. The topological polar surface area (TPSA) is 97.3 Å². The first-order chi connectivity index (χ1) is 12.0. The molecule has 1 fully saturated rings. The second kappa shape index (κ2) is 6.12. The third kappa shape index (κ3) is 2.87. The molecule has 3 aromatic rings. The van der Waals surface area contributed by atoms with Crippen LogP contribution in [0.5, 0.6) is 0 Å². The standard InChI is InChI=1S/C17H19N5O2S/c1-9-10(2)20-21-17-13(9)14(18)15(25-17)16(23)19-11-6-22(7-11)8-12-4-3-5-24-12/h3-5,11H,6-8,18H2,1-2H3,(H,19,23). The number of rotatable bonds is 4. The van der Waals surface area contributed by atoms with Gasteiger partial charge in [-0.05, 0) is 31.5 Å². The van der Waals surface area contributed by atoms with Crippen LogP contribution in [0.15, 0.2) is 22.8 Å². The Labute approximate surface area is 148 Å². The predicted octanol–water partition coefficient (Wildman–Crippen LogP) is 2.10. The van der Waals surface area contributed by atoms with Gasteiger partial charge in [-0.25, -0.2) is 0 Å². The van der Waals surface area contributed by atoms with Gasteiger partial charge < -0.3 is 15.5 Å². The zero-order chi connectivity index (χ0) is 17.6. The summed E-state index contributed by atoms with van der Waals surface area (Å²) in [5, 5.41) is 12.2. The highest BCUT2D eigenvalue weighted by molar-refractivity contribution is 7.21. The van der Waals surface area contributed by atoms with Crippen LogP contribution in [0.1, 0.15) is 26.7 Å². The van der Waals surface area contributed by atoms with E-state index >= 15 is 0 Å². The number of aromatic nitrogens is 2. The van der Waals surface area contributed by atoms with Crippen molar-refractivity contribution >= 4 is 33.1 Å². The quantitative estimate of drug-likeness (QED) is 0.742. The molecule has 3 N–H and O–H groups in total. The van der Waals surface area contributed by atoms with Crippen LogP contribution in [-0.2, 0) is 6.54 Å². The first-order valence-electron chi connectivity index (χ1n) is 8.10. The van der Waals surface area contributed by atoms with Gasteiger partial charge in [0, 0.05) is 18.5 Å². The maximum atomic E-state index is 12.6. The summed E-state index contributed by atoms with van der Waals surface area (Å²) in [6.45, 7) is 6.21. The van der Waals surface area contributed by atoms with Crippen molar-refractivity contribution in [1.82, 2.24) is 20.4 Å². The van der Waals surface area contributed by atoms with Crippen molar-refractivity contribution in [1.29, 1.82) is 0 Å². The first-order valence-corrected chi connectivity index (χ1v) is 8.92. The van der Waals surface area contributed by atoms with Crippen molar-refractivity contribution in [2.24, 2.45) is 0 Å². The zero-order valence-corrected chi connectivity index (χ0v) is 14.9. The van der Waals surface area contributed by atoms with Crippen molar-refractivity contribution in [3.63, 3.8) is 0 Å². The Morgan fingerprint density at radius 1 is 1.44 bits per heavy atom. The summed E-state index contributed by atoms with van der Waals surface area (Å²) in [7, 11) is 0. The van der Waals surface area contributed by atoms with Crippen molar-refractivity contribution in [3.05, 3.63) is 40.3 Å². The first kappa shape index (κ1) is 16.0. The lowest BCUT2D eigenvalue weighted by molar-refractivity contribution is 0.0780. The van der Waals surface area contributed by atoms with Crippen LogP contribution in [-0.4, -0.2) is 40.1 Å². The van der Waals surface area contributed by atoms with E-state index in [0.29, 0.717) is 15.4 Å². The van der Waals surface area contributed by atoms with Crippen molar-refractivity contribution in [2.75, 3.05) is 18.8 Å². The number of thiophene rings is 1. The molecule has 0 aromatic carbocycles. The Balaban J connectivity index is 1.43. The molecule has 0 bridgehead atoms. The Morgan fingerprint density at radius 3 is 2.96 bits per heavy atom. The van der Waals surface area contributed by atoms with Crippen LogP contribution in [0.4, 0.5) is 5.69 Å². The molecule has 0 atom stereocenters. The van der Waals surface area contributed by atoms with E-state index in [1.807, 2.05) is 26.0 Å². The number of nitrogens with one attached hydrogen (secondary N) is 1. The van der Waals surface area contributed by atoms with E-state index in [9.17, 15) is 4.79 Å². The molecular formula is C17H19N5O2S. The van der Waals surface area contributed by atoms with E-state index in [1.165, 1.54) is 11.3 Å². The number of carbonyl (C=O) groups is 1. The Morgan fingerprint density at radius 2 is 2.24 bits per heavy atom. The van der Waals surface area contributed by atoms with Gasteiger partial charge >= 0.3 is 0 Å². The number of anilines is 1. The minimum atomic E-state index is -0.139. The zero-order valence-electron chi connectivity index (χ0n) is 14.1. The molecule has 0 aliphatic carbocycles. The van der Waals surface area contributed by atoms with E-state index in [2.05, 4.69) is 20.4 Å². The smallest absolute Gasteiger partial charge is 0.263 e. The van der Waals surface area contributed by atoms with Gasteiger partial charge in [0.1, 0.15) is 15.5 Å². The molecular weight excluding hydrogens is 338 g/mol. The van der Waals surface area contributed by atoms with Gasteiger partial charge in [0.05, 0.1) is 30.2 Å². The largest absolute Gasteiger partial charge is 0.468 e. The summed E-state index contributed by atoms with van der Waals surface area (Å²) < 4.78 is 5.34. The number of hydrogen-bond donors (Lipinski definition) is 2. The fourth-order valence-corrected chi connectivity index (χ4v) is 4.08. The second-order valence-electron chi connectivity index (χ2n) is 6.38. The number of furan rings is 1. The summed E-state index contributed by atoms with van der Waals surface area (Å²) >= 11 is 1.30. The van der Waals surface area contributed by atoms with Crippen molar-refractivity contribution < 1.29 is 9.21 Å². The monoisotopic (exact) mass is 357 g/mol. The average molecular weight is 357 g/mol. The highest BCUT2D eigenvalue weighted by Gasteiger charge is 2.30. The lowest BCUT2D eigenvalue weighted by atomic mass is 10.1. The lowest BCUT2D eigenvalue weighted by Gasteiger charge is -2.38. The van der Waals surface area contributed by atoms with E-state index in [1.54, 1.807) is 6.26 Å². The number of hydrogen-bond acceptors (Lipinski definition) is 7. The summed E-state index contributed by atoms with van der Waals surface area (Å²) in [4.78, 5) is 16.0. The predicted molar refractivity (Wildman–Crippen MR) is 96.5 cm³/mol. The van der Waals surface area contributed by atoms with Gasteiger partial charge in [-0.15, -0.1) is 16.4 Å². The molecule has 1 amide bonds. The van der Waals surface area contributed by atoms with Gasteiger partial charge in [0.2, 0.25) is 0 Å². The van der Waals surface area contributed by atoms with Crippen LogP contribution < -0.4 is 11.1 Å². The minimum absolute atomic E-state index is 0.126. The molecule has 1 saturated heterocycles. The third-order valence-corrected chi connectivity index (χ3v) is 5.68. The fourth-order valence-electron chi connectivity index (χ4n) is 3.07. The van der Waals surface area contributed by atoms with Gasteiger partial charge in [0.15, 0.2) is 0 Å². The molecule has 0 saturated carbocycles. The molecule has 25 heavy (non-hydrogen) atoms. The number of nitrogen functional groups attached to an aromatic ring is 1. The molecule has 130 valence electrons. The number of carbonyl (C=O) groups excluding carboxylic acids is 1. The molecule has 8 heteroatoms. The maximum Gasteiger partial charge on any atom is 0.263 e. The van der Waals surface area contributed by atoms with Gasteiger partial charge in [-0.3, -0.25) is 9.69 Å². The highest BCUT2D eigenvalue weighted by Crippen LogP contribution is 2.34. The molecule has 1 aliphatic heterocycles.